The third-order valence-corrected chi connectivity index (χ3v) is 4.58. The van der Waals surface area contributed by atoms with Gasteiger partial charge in [0.25, 0.3) is 5.91 Å². The molecule has 0 aliphatic carbocycles. The number of aliphatic hydroxyl groups is 1. The van der Waals surface area contributed by atoms with Gasteiger partial charge in [-0.1, -0.05) is 13.8 Å². The maximum Gasteiger partial charge on any atom is 0.252 e. The molecule has 22 heavy (non-hydrogen) atoms. The predicted molar refractivity (Wildman–Crippen MR) is 85.7 cm³/mol. The molecule has 0 aromatic carbocycles. The van der Waals surface area contributed by atoms with Crippen molar-refractivity contribution in [3.05, 3.63) is 23.5 Å². The molecule has 0 radical (unpaired) electrons. The fourth-order valence-corrected chi connectivity index (χ4v) is 2.58. The molecule has 1 amide bonds. The van der Waals surface area contributed by atoms with Gasteiger partial charge in [-0.3, -0.25) is 9.48 Å². The molecular weight excluding hydrogens is 280 g/mol. The number of fused-ring (bicyclic) bond motifs is 1. The van der Waals surface area contributed by atoms with Crippen molar-refractivity contribution in [1.82, 2.24) is 20.1 Å². The van der Waals surface area contributed by atoms with Crippen LogP contribution in [0.3, 0.4) is 0 Å². The fraction of sp³-hybridized carbons (Fsp3) is 0.562. The van der Waals surface area contributed by atoms with E-state index in [1.54, 1.807) is 10.9 Å². The highest BCUT2D eigenvalue weighted by Gasteiger charge is 2.26. The van der Waals surface area contributed by atoms with Crippen LogP contribution in [0.15, 0.2) is 12.3 Å². The van der Waals surface area contributed by atoms with Gasteiger partial charge in [-0.25, -0.2) is 4.98 Å². The van der Waals surface area contributed by atoms with Crippen LogP contribution >= 0.6 is 0 Å². The van der Waals surface area contributed by atoms with Gasteiger partial charge in [0.15, 0.2) is 5.65 Å². The van der Waals surface area contributed by atoms with Crippen LogP contribution in [-0.2, 0) is 7.05 Å². The van der Waals surface area contributed by atoms with Gasteiger partial charge in [0, 0.05) is 30.6 Å². The van der Waals surface area contributed by atoms with Crippen molar-refractivity contribution in [1.29, 1.82) is 0 Å². The van der Waals surface area contributed by atoms with Crippen molar-refractivity contribution in [2.75, 3.05) is 13.2 Å². The molecule has 0 aliphatic rings. The number of amides is 1. The van der Waals surface area contributed by atoms with E-state index >= 15 is 0 Å². The van der Waals surface area contributed by atoms with E-state index in [9.17, 15) is 9.90 Å². The van der Waals surface area contributed by atoms with Crippen LogP contribution < -0.4 is 5.32 Å². The third kappa shape index (κ3) is 2.97. The van der Waals surface area contributed by atoms with E-state index in [2.05, 4.69) is 15.4 Å². The lowest BCUT2D eigenvalue weighted by atomic mass is 9.83. The Morgan fingerprint density at radius 2 is 2.09 bits per heavy atom. The van der Waals surface area contributed by atoms with Crippen LogP contribution in [0.2, 0.25) is 0 Å². The molecule has 2 aromatic heterocycles. The average Bonchev–Trinajstić information content (AvgIpc) is 2.83. The van der Waals surface area contributed by atoms with Crippen LogP contribution in [0, 0.1) is 12.3 Å². The first kappa shape index (κ1) is 16.4. The molecule has 0 unspecified atom stereocenters. The Morgan fingerprint density at radius 3 is 2.68 bits per heavy atom. The van der Waals surface area contributed by atoms with E-state index in [1.807, 2.05) is 33.9 Å². The number of rotatable bonds is 6. The number of hydrogen-bond donors (Lipinski definition) is 2. The van der Waals surface area contributed by atoms with Crippen molar-refractivity contribution in [3.8, 4) is 0 Å². The summed E-state index contributed by atoms with van der Waals surface area (Å²) in [6.07, 6.45) is 3.20. The smallest absolute Gasteiger partial charge is 0.252 e. The largest absolute Gasteiger partial charge is 0.396 e. The van der Waals surface area contributed by atoms with Crippen LogP contribution in [0.4, 0.5) is 0 Å². The second kappa shape index (κ2) is 6.44. The van der Waals surface area contributed by atoms with E-state index in [1.165, 1.54) is 0 Å². The van der Waals surface area contributed by atoms with Gasteiger partial charge >= 0.3 is 0 Å². The zero-order valence-corrected chi connectivity index (χ0v) is 13.7. The van der Waals surface area contributed by atoms with Gasteiger partial charge in [0.2, 0.25) is 0 Å². The lowest BCUT2D eigenvalue weighted by Gasteiger charge is -2.29. The first-order valence-electron chi connectivity index (χ1n) is 7.64. The van der Waals surface area contributed by atoms with E-state index in [-0.39, 0.29) is 17.9 Å². The number of carbonyl (C=O) groups is 1. The molecule has 0 fully saturated rings. The Bertz CT molecular complexity index is 666. The topological polar surface area (TPSA) is 80.0 Å². The Morgan fingerprint density at radius 1 is 1.41 bits per heavy atom. The minimum absolute atomic E-state index is 0.0687. The average molecular weight is 304 g/mol. The maximum absolute atomic E-state index is 12.3. The minimum Gasteiger partial charge on any atom is -0.396 e. The Kier molecular flexibility index (Phi) is 4.81. The predicted octanol–water partition coefficient (Wildman–Crippen LogP) is 1.81. The molecule has 120 valence electrons. The normalized spacial score (nSPS) is 11.9. The Balaban J connectivity index is 2.18. The lowest BCUT2D eigenvalue weighted by molar-refractivity contribution is 0.0851. The SMILES string of the molecule is CCC(CC)(CO)CNC(=O)c1cnc2c(c1)c(C)nn2C. The molecule has 2 N–H and O–H groups in total. The van der Waals surface area contributed by atoms with Crippen molar-refractivity contribution in [2.24, 2.45) is 12.5 Å². The van der Waals surface area contributed by atoms with Crippen LogP contribution in [0.25, 0.3) is 11.0 Å². The molecule has 0 atom stereocenters. The van der Waals surface area contributed by atoms with Gasteiger partial charge in [-0.15, -0.1) is 0 Å². The second-order valence-electron chi connectivity index (χ2n) is 5.85. The first-order valence-corrected chi connectivity index (χ1v) is 7.64. The molecule has 0 bridgehead atoms. The number of nitrogens with zero attached hydrogens (tertiary/aromatic N) is 3. The minimum atomic E-state index is -0.253. The molecule has 2 aromatic rings. The summed E-state index contributed by atoms with van der Waals surface area (Å²) in [6.45, 7) is 6.48. The molecule has 0 saturated carbocycles. The summed E-state index contributed by atoms with van der Waals surface area (Å²) in [6, 6.07) is 1.82. The standard InChI is InChI=1S/C16H24N4O2/c1-5-16(6-2,10-21)9-18-15(22)12-7-13-11(3)19-20(4)14(13)17-8-12/h7-8,21H,5-6,9-10H2,1-4H3,(H,18,22). The van der Waals surface area contributed by atoms with Crippen LogP contribution in [0.1, 0.15) is 42.7 Å². The molecule has 6 nitrogen and oxygen atoms in total. The van der Waals surface area contributed by atoms with E-state index in [0.717, 1.165) is 29.6 Å². The van der Waals surface area contributed by atoms with Crippen molar-refractivity contribution >= 4 is 16.9 Å². The Labute approximate surface area is 130 Å². The summed E-state index contributed by atoms with van der Waals surface area (Å²) in [5.41, 5.74) is 1.88. The zero-order chi connectivity index (χ0) is 16.3. The number of hydrogen-bond acceptors (Lipinski definition) is 4. The number of aliphatic hydroxyl groups excluding tert-OH is 1. The first-order chi connectivity index (χ1) is 10.5. The van der Waals surface area contributed by atoms with E-state index in [0.29, 0.717) is 12.1 Å². The summed E-state index contributed by atoms with van der Waals surface area (Å²) in [7, 11) is 1.83. The summed E-state index contributed by atoms with van der Waals surface area (Å²) < 4.78 is 1.71. The maximum atomic E-state index is 12.3. The molecule has 6 heteroatoms. The van der Waals surface area contributed by atoms with Crippen molar-refractivity contribution < 1.29 is 9.90 Å². The number of pyridine rings is 1. The van der Waals surface area contributed by atoms with Gasteiger partial charge in [0.1, 0.15) is 0 Å². The zero-order valence-electron chi connectivity index (χ0n) is 13.7. The molecule has 2 rings (SSSR count). The van der Waals surface area contributed by atoms with Gasteiger partial charge in [-0.05, 0) is 25.8 Å². The van der Waals surface area contributed by atoms with E-state index in [4.69, 9.17) is 0 Å². The number of carbonyl (C=O) groups excluding carboxylic acids is 1. The van der Waals surface area contributed by atoms with Gasteiger partial charge in [-0.2, -0.15) is 5.10 Å². The second-order valence-corrected chi connectivity index (χ2v) is 5.85. The van der Waals surface area contributed by atoms with Crippen LogP contribution in [-0.4, -0.2) is 38.9 Å². The quantitative estimate of drug-likeness (QED) is 0.853. The highest BCUT2D eigenvalue weighted by Crippen LogP contribution is 2.24. The summed E-state index contributed by atoms with van der Waals surface area (Å²) >= 11 is 0. The molecule has 0 spiro atoms. The number of nitrogens with one attached hydrogen (secondary N) is 1. The third-order valence-electron chi connectivity index (χ3n) is 4.58. The molecule has 0 saturated heterocycles. The summed E-state index contributed by atoms with van der Waals surface area (Å²) in [4.78, 5) is 16.7. The van der Waals surface area contributed by atoms with Gasteiger partial charge in [0.05, 0.1) is 17.9 Å². The Hall–Kier alpha value is -1.95. The van der Waals surface area contributed by atoms with Crippen LogP contribution in [0.5, 0.6) is 0 Å². The van der Waals surface area contributed by atoms with Gasteiger partial charge < -0.3 is 10.4 Å². The monoisotopic (exact) mass is 304 g/mol. The molecule has 0 aliphatic heterocycles. The van der Waals surface area contributed by atoms with Crippen molar-refractivity contribution in [2.45, 2.75) is 33.6 Å². The number of aromatic nitrogens is 3. The van der Waals surface area contributed by atoms with E-state index < -0.39 is 0 Å². The van der Waals surface area contributed by atoms with Crippen molar-refractivity contribution in [3.63, 3.8) is 0 Å². The lowest BCUT2D eigenvalue weighted by Crippen LogP contribution is -2.39. The molecule has 2 heterocycles. The number of aryl methyl sites for hydroxylation is 2. The summed E-state index contributed by atoms with van der Waals surface area (Å²) in [5.74, 6) is -0.169. The summed E-state index contributed by atoms with van der Waals surface area (Å²) in [5, 5.41) is 17.7. The highest BCUT2D eigenvalue weighted by molar-refractivity contribution is 5.97. The molecular formula is C16H24N4O2. The fourth-order valence-electron chi connectivity index (χ4n) is 2.58. The highest BCUT2D eigenvalue weighted by atomic mass is 16.3.